The molecule has 0 atom stereocenters. The predicted molar refractivity (Wildman–Crippen MR) is 130 cm³/mol. The van der Waals surface area contributed by atoms with Gasteiger partial charge in [0.2, 0.25) is 21.8 Å². The lowest BCUT2D eigenvalue weighted by Gasteiger charge is -2.16. The summed E-state index contributed by atoms with van der Waals surface area (Å²) >= 11 is 6.60. The van der Waals surface area contributed by atoms with E-state index in [0.29, 0.717) is 11.3 Å². The number of aryl methyl sites for hydroxylation is 1. The van der Waals surface area contributed by atoms with Gasteiger partial charge in [-0.25, -0.2) is 18.0 Å². The number of hydrogen-bond donors (Lipinski definition) is 3. The minimum atomic E-state index is -3.92. The average molecular weight is 621 g/mol. The van der Waals surface area contributed by atoms with Gasteiger partial charge in [-0.1, -0.05) is 13.8 Å². The maximum atomic E-state index is 13.4. The number of amides is 1. The molecule has 0 saturated heterocycles. The smallest absolute Gasteiger partial charge is 0.338 e. The van der Waals surface area contributed by atoms with Crippen LogP contribution in [0.4, 0.5) is 0 Å². The van der Waals surface area contributed by atoms with Crippen molar-refractivity contribution in [3.8, 4) is 5.75 Å². The second kappa shape index (κ2) is 11.3. The molecule has 2 rings (SSSR count). The minimum Gasteiger partial charge on any atom is -0.496 e. The van der Waals surface area contributed by atoms with Gasteiger partial charge in [0.25, 0.3) is 0 Å². The van der Waals surface area contributed by atoms with Crippen LogP contribution in [-0.2, 0) is 30.6 Å². The van der Waals surface area contributed by atoms with Gasteiger partial charge in [0.15, 0.2) is 0 Å². The van der Waals surface area contributed by atoms with Crippen LogP contribution in [0.1, 0.15) is 37.3 Å². The highest BCUT2D eigenvalue weighted by Gasteiger charge is 2.28. The fourth-order valence-electron chi connectivity index (χ4n) is 3.18. The molecule has 0 heterocycles. The third-order valence-corrected chi connectivity index (χ3v) is 8.53. The van der Waals surface area contributed by atoms with Crippen LogP contribution < -0.4 is 10.1 Å². The lowest BCUT2D eigenvalue weighted by atomic mass is 10.0. The van der Waals surface area contributed by atoms with E-state index in [0.717, 1.165) is 5.56 Å². The molecule has 0 aliphatic heterocycles. The quantitative estimate of drug-likeness (QED) is 0.340. The number of hydrogen-bond acceptors (Lipinski definition) is 6. The van der Waals surface area contributed by atoms with Gasteiger partial charge in [0.1, 0.15) is 10.6 Å². The molecule has 0 spiro atoms. The molecule has 0 aromatic heterocycles. The predicted octanol–water partition coefficient (Wildman–Crippen LogP) is 3.76. The Bertz CT molecular complexity index is 1190. The lowest BCUT2D eigenvalue weighted by Crippen LogP contribution is -2.46. The van der Waals surface area contributed by atoms with Crippen molar-refractivity contribution < 1.29 is 37.8 Å². The average Bonchev–Trinajstić information content (AvgIpc) is 2.74. The molecule has 0 aliphatic carbocycles. The van der Waals surface area contributed by atoms with E-state index >= 15 is 0 Å². The number of aliphatic carboxylic acids is 2. The van der Waals surface area contributed by atoms with Crippen molar-refractivity contribution in [2.75, 3.05) is 7.11 Å². The van der Waals surface area contributed by atoms with Gasteiger partial charge in [0.05, 0.1) is 12.0 Å². The Morgan fingerprint density at radius 1 is 1.03 bits per heavy atom. The Balaban J connectivity index is 2.30. The molecule has 0 fully saturated rings. The van der Waals surface area contributed by atoms with Crippen molar-refractivity contribution in [3.63, 3.8) is 0 Å². The summed E-state index contributed by atoms with van der Waals surface area (Å²) in [6.45, 7) is 3.86. The summed E-state index contributed by atoms with van der Waals surface area (Å²) in [7, 11) is -2.40. The highest BCUT2D eigenvalue weighted by molar-refractivity contribution is 9.11. The molecular formula is C22H23Br2NO8S. The van der Waals surface area contributed by atoms with Gasteiger partial charge in [-0.2, -0.15) is 0 Å². The van der Waals surface area contributed by atoms with Crippen LogP contribution in [-0.4, -0.2) is 49.6 Å². The highest BCUT2D eigenvalue weighted by Crippen LogP contribution is 2.38. The van der Waals surface area contributed by atoms with E-state index in [1.807, 2.05) is 19.2 Å². The van der Waals surface area contributed by atoms with Crippen molar-refractivity contribution in [1.82, 2.24) is 5.32 Å². The topological polar surface area (TPSA) is 147 Å². The molecule has 0 saturated carbocycles. The minimum absolute atomic E-state index is 0.0115. The number of sulfone groups is 1. The molecule has 9 nitrogen and oxygen atoms in total. The van der Waals surface area contributed by atoms with E-state index in [-0.39, 0.29) is 37.5 Å². The summed E-state index contributed by atoms with van der Waals surface area (Å²) in [6, 6.07) is 5.71. The van der Waals surface area contributed by atoms with Crippen LogP contribution >= 0.6 is 31.9 Å². The number of halogens is 2. The molecule has 0 bridgehead atoms. The van der Waals surface area contributed by atoms with Crippen molar-refractivity contribution in [2.45, 2.75) is 48.4 Å². The SMILES string of the molecule is COc1ccc(S(=O)(=O)c2c(Br)cc(CCC(=O)NC(C(=O)O)C(=O)O)cc2Br)cc1C(C)C. The zero-order valence-electron chi connectivity index (χ0n) is 18.5. The first kappa shape index (κ1) is 27.8. The van der Waals surface area contributed by atoms with Gasteiger partial charge in [-0.3, -0.25) is 4.79 Å². The van der Waals surface area contributed by atoms with E-state index in [4.69, 9.17) is 14.9 Å². The summed E-state index contributed by atoms with van der Waals surface area (Å²) < 4.78 is 32.7. The number of carboxylic acid groups (broad SMARTS) is 2. The van der Waals surface area contributed by atoms with Gasteiger partial charge in [-0.05, 0) is 85.7 Å². The van der Waals surface area contributed by atoms with Crippen LogP contribution in [0.15, 0.2) is 49.1 Å². The standard InChI is InChI=1S/C22H23Br2NO8S/c1-11(2)14-10-13(5-6-17(14)33-3)34(31,32)20-15(23)8-12(9-16(20)24)4-7-18(26)25-19(21(27)28)22(29)30/h5-6,8-11,19H,4,7H2,1-3H3,(H,25,26)(H,27,28)(H,29,30). The molecule has 12 heteroatoms. The Labute approximate surface area is 213 Å². The molecule has 2 aromatic carbocycles. The summed E-state index contributed by atoms with van der Waals surface area (Å²) in [6.07, 6.45) is -0.0758. The van der Waals surface area contributed by atoms with Gasteiger partial charge < -0.3 is 20.3 Å². The maximum absolute atomic E-state index is 13.4. The second-order valence-electron chi connectivity index (χ2n) is 7.63. The number of carboxylic acids is 2. The molecule has 184 valence electrons. The zero-order chi connectivity index (χ0) is 25.8. The first-order valence-corrected chi connectivity index (χ1v) is 13.0. The molecule has 2 aromatic rings. The molecule has 3 N–H and O–H groups in total. The highest BCUT2D eigenvalue weighted by atomic mass is 79.9. The number of carbonyl (C=O) groups excluding carboxylic acids is 1. The fourth-order valence-corrected chi connectivity index (χ4v) is 7.14. The summed E-state index contributed by atoms with van der Waals surface area (Å²) in [5.74, 6) is -3.50. The van der Waals surface area contributed by atoms with E-state index in [9.17, 15) is 22.8 Å². The Morgan fingerprint density at radius 3 is 2.06 bits per heavy atom. The van der Waals surface area contributed by atoms with Crippen molar-refractivity contribution in [3.05, 3.63) is 50.4 Å². The summed E-state index contributed by atoms with van der Waals surface area (Å²) in [5, 5.41) is 19.6. The van der Waals surface area contributed by atoms with Crippen molar-refractivity contribution in [1.29, 1.82) is 0 Å². The normalized spacial score (nSPS) is 11.5. The lowest BCUT2D eigenvalue weighted by molar-refractivity contribution is -0.153. The first-order valence-electron chi connectivity index (χ1n) is 9.95. The van der Waals surface area contributed by atoms with Crippen LogP contribution in [0.3, 0.4) is 0 Å². The molecule has 0 aliphatic rings. The second-order valence-corrected chi connectivity index (χ2v) is 11.2. The number of carbonyl (C=O) groups is 3. The van der Waals surface area contributed by atoms with Crippen LogP contribution in [0.25, 0.3) is 0 Å². The Kier molecular flexibility index (Phi) is 9.26. The monoisotopic (exact) mass is 619 g/mol. The van der Waals surface area contributed by atoms with Gasteiger partial charge in [0, 0.05) is 15.4 Å². The van der Waals surface area contributed by atoms with Crippen LogP contribution in [0.2, 0.25) is 0 Å². The van der Waals surface area contributed by atoms with Crippen LogP contribution in [0, 0.1) is 0 Å². The third kappa shape index (κ3) is 6.36. The van der Waals surface area contributed by atoms with Gasteiger partial charge >= 0.3 is 11.9 Å². The van der Waals surface area contributed by atoms with E-state index in [1.165, 1.54) is 13.2 Å². The maximum Gasteiger partial charge on any atom is 0.338 e. The van der Waals surface area contributed by atoms with Gasteiger partial charge in [-0.15, -0.1) is 0 Å². The molecule has 0 unspecified atom stereocenters. The molecular weight excluding hydrogens is 598 g/mol. The summed E-state index contributed by atoms with van der Waals surface area (Å²) in [4.78, 5) is 33.9. The number of rotatable bonds is 10. The fraction of sp³-hybridized carbons (Fsp3) is 0.318. The van der Waals surface area contributed by atoms with E-state index < -0.39 is 33.7 Å². The zero-order valence-corrected chi connectivity index (χ0v) is 22.5. The van der Waals surface area contributed by atoms with Crippen LogP contribution in [0.5, 0.6) is 5.75 Å². The van der Waals surface area contributed by atoms with Crippen molar-refractivity contribution >= 4 is 59.5 Å². The number of benzene rings is 2. The molecule has 34 heavy (non-hydrogen) atoms. The third-order valence-electron chi connectivity index (χ3n) is 4.90. The number of methoxy groups -OCH3 is 1. The van der Waals surface area contributed by atoms with E-state index in [2.05, 4.69) is 31.9 Å². The number of ether oxygens (including phenoxy) is 1. The Hall–Kier alpha value is -2.44. The molecule has 0 radical (unpaired) electrons. The Morgan fingerprint density at radius 2 is 1.59 bits per heavy atom. The number of nitrogens with one attached hydrogen (secondary N) is 1. The first-order chi connectivity index (χ1) is 15.8. The molecule has 1 amide bonds. The van der Waals surface area contributed by atoms with E-state index in [1.54, 1.807) is 24.3 Å². The summed E-state index contributed by atoms with van der Waals surface area (Å²) in [5.41, 5.74) is 1.33. The largest absolute Gasteiger partial charge is 0.496 e. The van der Waals surface area contributed by atoms with Crippen molar-refractivity contribution in [2.24, 2.45) is 0 Å².